The summed E-state index contributed by atoms with van der Waals surface area (Å²) in [4.78, 5) is 0. The maximum absolute atomic E-state index is 8.59. The van der Waals surface area contributed by atoms with E-state index in [0.717, 1.165) is 12.8 Å². The van der Waals surface area contributed by atoms with Crippen LogP contribution in [0.25, 0.3) is 0 Å². The molecule has 2 N–H and O–H groups in total. The second kappa shape index (κ2) is 10.6. The van der Waals surface area contributed by atoms with Crippen LogP contribution in [0.4, 0.5) is 0 Å². The van der Waals surface area contributed by atoms with Crippen LogP contribution >= 0.6 is 7.51 Å². The molecule has 0 aromatic carbocycles. The van der Waals surface area contributed by atoms with E-state index in [1.807, 2.05) is 0 Å². The molecule has 0 saturated carbocycles. The molecule has 0 bridgehead atoms. The zero-order chi connectivity index (χ0) is 8.86. The Morgan fingerprint density at radius 1 is 1.00 bits per heavy atom. The van der Waals surface area contributed by atoms with Crippen LogP contribution in [0.15, 0.2) is 4.74 Å². The zero-order valence-corrected chi connectivity index (χ0v) is 7.74. The minimum atomic E-state index is -2.27. The third-order valence-electron chi connectivity index (χ3n) is 1.68. The fraction of sp³-hybridized carbons (Fsp3) is 1.00. The Morgan fingerprint density at radius 2 is 1.53 bits per heavy atom. The summed E-state index contributed by atoms with van der Waals surface area (Å²) < 4.78 is 14.2. The van der Waals surface area contributed by atoms with Gasteiger partial charge in [-0.25, -0.2) is 0 Å². The van der Waals surface area contributed by atoms with E-state index in [2.05, 4.69) is 4.74 Å². The van der Waals surface area contributed by atoms with Crippen LogP contribution in [0.1, 0.15) is 35.1 Å². The molecule has 0 unspecified atom stereocenters. The van der Waals surface area contributed by atoms with E-state index in [4.69, 9.17) is 19.3 Å². The summed E-state index contributed by atoms with van der Waals surface area (Å²) in [5.74, 6) is 0. The minimum absolute atomic E-state index is 0. The van der Waals surface area contributed by atoms with Gasteiger partial charge in [0.1, 0.15) is 0 Å². The molecule has 15 heavy (non-hydrogen) atoms. The molecule has 0 aromatic heterocycles. The molecule has 0 aromatic rings. The van der Waals surface area contributed by atoms with Crippen LogP contribution in [0.2, 0.25) is 0 Å². The first-order valence-corrected chi connectivity index (χ1v) is 5.67. The third-order valence-corrected chi connectivity index (χ3v) is 4.23. The van der Waals surface area contributed by atoms with Gasteiger partial charge in [-0.2, -0.15) is 0 Å². The van der Waals surface area contributed by atoms with Crippen LogP contribution in [0.3, 0.4) is 0 Å². The zero-order valence-electron chi connectivity index (χ0n) is 6.85. The van der Waals surface area contributed by atoms with Gasteiger partial charge in [-0.1, -0.05) is 22.3 Å². The summed E-state index contributed by atoms with van der Waals surface area (Å²) in [5, 5.41) is 17.2. The molecule has 96 valence electrons. The molecular weight excluding hydrogens is 217 g/mol. The van der Waals surface area contributed by atoms with Gasteiger partial charge in [0.2, 0.25) is 7.51 Å². The van der Waals surface area contributed by atoms with Crippen molar-refractivity contribution in [3.05, 3.63) is 0 Å². The molecule has 1 aliphatic heterocycles. The van der Waals surface area contributed by atoms with Gasteiger partial charge in [0, 0.05) is 12.7 Å². The molecular formula is C9H26NO4P. The Bertz CT molecular complexity index is 177. The summed E-state index contributed by atoms with van der Waals surface area (Å²) in [6.45, 7) is -0.0810. The van der Waals surface area contributed by atoms with Crippen LogP contribution in [-0.4, -0.2) is 36.5 Å². The highest BCUT2D eigenvalue weighted by Crippen LogP contribution is 2.53. The third kappa shape index (κ3) is 6.28. The van der Waals surface area contributed by atoms with Crippen molar-refractivity contribution in [1.82, 2.24) is 0 Å². The number of nitrogens with zero attached hydrogens (tertiary/aromatic N) is 1. The van der Waals surface area contributed by atoms with Gasteiger partial charge in [-0.05, 0) is 12.8 Å². The lowest BCUT2D eigenvalue weighted by Crippen LogP contribution is -2.07. The van der Waals surface area contributed by atoms with Crippen LogP contribution in [0, 0.1) is 0 Å². The molecule has 1 aliphatic rings. The highest BCUT2D eigenvalue weighted by Gasteiger charge is 2.23. The number of aliphatic hydroxyl groups excluding tert-OH is 2. The Morgan fingerprint density at radius 3 is 1.87 bits per heavy atom. The first-order valence-electron chi connectivity index (χ1n) is 3.91. The average molecular weight is 243 g/mol. The highest BCUT2D eigenvalue weighted by atomic mass is 31.2. The van der Waals surface area contributed by atoms with Crippen LogP contribution < -0.4 is 0 Å². The minimum Gasteiger partial charge on any atom is -0.370 e. The average Bonchev–Trinajstić information content (AvgIpc) is 2.07. The molecule has 0 fully saturated rings. The molecule has 1 rings (SSSR count). The van der Waals surface area contributed by atoms with Gasteiger partial charge in [0.25, 0.3) is 0 Å². The maximum atomic E-state index is 8.59. The molecule has 6 heteroatoms. The molecule has 0 spiro atoms. The highest BCUT2D eigenvalue weighted by molar-refractivity contribution is 7.56. The molecule has 0 atom stereocenters. The van der Waals surface area contributed by atoms with E-state index in [1.165, 1.54) is 0 Å². The number of aliphatic hydroxyl groups is 2. The normalized spacial score (nSPS) is 17.5. The lowest BCUT2D eigenvalue weighted by molar-refractivity contribution is 0.0513. The largest absolute Gasteiger partial charge is 0.370 e. The van der Waals surface area contributed by atoms with Crippen molar-refractivity contribution in [2.24, 2.45) is 4.74 Å². The van der Waals surface area contributed by atoms with E-state index in [9.17, 15) is 0 Å². The van der Waals surface area contributed by atoms with Crippen molar-refractivity contribution in [3.8, 4) is 0 Å². The van der Waals surface area contributed by atoms with Crippen molar-refractivity contribution in [2.45, 2.75) is 35.1 Å². The van der Waals surface area contributed by atoms with Crippen molar-refractivity contribution < 1.29 is 19.3 Å². The smallest absolute Gasteiger partial charge is 0.216 e. The fourth-order valence-corrected chi connectivity index (χ4v) is 3.21. The Kier molecular flexibility index (Phi) is 14.4. The summed E-state index contributed by atoms with van der Waals surface area (Å²) in [6.07, 6.45) is 2.72. The van der Waals surface area contributed by atoms with Crippen LogP contribution in [0.5, 0.6) is 0 Å². The predicted octanol–water partition coefficient (Wildman–Crippen LogP) is 2.65. The van der Waals surface area contributed by atoms with Gasteiger partial charge in [0.15, 0.2) is 13.6 Å². The predicted molar refractivity (Wildman–Crippen MR) is 64.9 cm³/mol. The summed E-state index contributed by atoms with van der Waals surface area (Å²) in [7, 11) is -2.27. The van der Waals surface area contributed by atoms with E-state index < -0.39 is 21.1 Å². The summed E-state index contributed by atoms with van der Waals surface area (Å²) in [6, 6.07) is 0. The SMILES string of the molecule is C.C.C.OCOP1(OCO)=NCCCC1. The number of rotatable bonds is 4. The number of hydrogen-bond donors (Lipinski definition) is 2. The van der Waals surface area contributed by atoms with Crippen molar-refractivity contribution in [3.63, 3.8) is 0 Å². The molecule has 0 radical (unpaired) electrons. The lowest BCUT2D eigenvalue weighted by Gasteiger charge is -2.25. The van der Waals surface area contributed by atoms with E-state index >= 15 is 0 Å². The van der Waals surface area contributed by atoms with Crippen molar-refractivity contribution >= 4 is 7.51 Å². The van der Waals surface area contributed by atoms with Gasteiger partial charge in [0.05, 0.1) is 0 Å². The molecule has 0 saturated heterocycles. The quantitative estimate of drug-likeness (QED) is 0.588. The Labute approximate surface area is 93.6 Å². The topological polar surface area (TPSA) is 71.3 Å². The van der Waals surface area contributed by atoms with E-state index in [1.54, 1.807) is 0 Å². The van der Waals surface area contributed by atoms with Gasteiger partial charge in [-0.15, -0.1) is 0 Å². The Hall–Kier alpha value is 0.0700. The number of hydrogen-bond acceptors (Lipinski definition) is 5. The standard InChI is InChI=1S/C6H14NO4P.3CH4/c8-5-10-12(11-6-9)4-2-1-3-7-12;;;/h8-9H,1-6H2;3*1H4. The first kappa shape index (κ1) is 20.5. The second-order valence-corrected chi connectivity index (χ2v) is 4.97. The van der Waals surface area contributed by atoms with Gasteiger partial charge >= 0.3 is 0 Å². The van der Waals surface area contributed by atoms with Crippen molar-refractivity contribution in [1.29, 1.82) is 0 Å². The molecule has 0 aliphatic carbocycles. The molecule has 0 amide bonds. The second-order valence-electron chi connectivity index (χ2n) is 2.45. The van der Waals surface area contributed by atoms with Crippen LogP contribution in [-0.2, 0) is 9.05 Å². The van der Waals surface area contributed by atoms with E-state index in [-0.39, 0.29) is 22.3 Å². The fourth-order valence-electron chi connectivity index (χ4n) is 1.15. The first-order chi connectivity index (χ1) is 5.83. The summed E-state index contributed by atoms with van der Waals surface area (Å²) >= 11 is 0. The van der Waals surface area contributed by atoms with E-state index in [0.29, 0.717) is 12.7 Å². The van der Waals surface area contributed by atoms with Crippen molar-refractivity contribution in [2.75, 3.05) is 26.3 Å². The Balaban J connectivity index is -0.000000480. The lowest BCUT2D eigenvalue weighted by atomic mass is 10.3. The van der Waals surface area contributed by atoms with Gasteiger partial charge in [-0.3, -0.25) is 13.8 Å². The molecule has 5 nitrogen and oxygen atoms in total. The summed E-state index contributed by atoms with van der Waals surface area (Å²) in [5.41, 5.74) is 0. The molecule has 1 heterocycles. The maximum Gasteiger partial charge on any atom is 0.216 e. The monoisotopic (exact) mass is 243 g/mol. The van der Waals surface area contributed by atoms with Gasteiger partial charge < -0.3 is 10.2 Å².